The molecule has 4 heteroatoms. The van der Waals surface area contributed by atoms with Crippen molar-refractivity contribution in [1.29, 1.82) is 0 Å². The Hall–Kier alpha value is -0.900. The number of nitrogens with zero attached hydrogens (tertiary/aromatic N) is 3. The average molecular weight is 208 g/mol. The summed E-state index contributed by atoms with van der Waals surface area (Å²) in [5, 5.41) is 8.44. The van der Waals surface area contributed by atoms with Gasteiger partial charge in [-0.25, -0.2) is 0 Å². The zero-order chi connectivity index (χ0) is 11.1. The minimum atomic E-state index is -0.231. The molecule has 1 fully saturated rings. The third kappa shape index (κ3) is 1.67. The maximum atomic E-state index is 6.41. The summed E-state index contributed by atoms with van der Waals surface area (Å²) in [6, 6.07) is 0.385. The summed E-state index contributed by atoms with van der Waals surface area (Å²) in [6.45, 7) is 6.30. The fourth-order valence-electron chi connectivity index (χ4n) is 2.56. The Kier molecular flexibility index (Phi) is 2.54. The van der Waals surface area contributed by atoms with Gasteiger partial charge in [-0.1, -0.05) is 12.8 Å². The summed E-state index contributed by atoms with van der Waals surface area (Å²) in [6.07, 6.45) is 4.50. The van der Waals surface area contributed by atoms with E-state index >= 15 is 0 Å². The second-order valence-corrected chi connectivity index (χ2v) is 4.90. The van der Waals surface area contributed by atoms with Gasteiger partial charge in [-0.3, -0.25) is 0 Å². The SMILES string of the molecule is Cc1nnc(C2(N)CCCC2)n1C(C)C. The quantitative estimate of drug-likeness (QED) is 0.807. The van der Waals surface area contributed by atoms with Crippen LogP contribution >= 0.6 is 0 Å². The molecule has 1 aromatic heterocycles. The fraction of sp³-hybridized carbons (Fsp3) is 0.818. The molecular weight excluding hydrogens is 188 g/mol. The molecule has 0 unspecified atom stereocenters. The first-order valence-electron chi connectivity index (χ1n) is 5.75. The highest BCUT2D eigenvalue weighted by Gasteiger charge is 2.36. The molecule has 0 spiro atoms. The topological polar surface area (TPSA) is 56.7 Å². The minimum Gasteiger partial charge on any atom is -0.319 e. The Labute approximate surface area is 90.9 Å². The van der Waals surface area contributed by atoms with Crippen LogP contribution in [0.1, 0.15) is 57.2 Å². The van der Waals surface area contributed by atoms with Crippen LogP contribution in [0.15, 0.2) is 0 Å². The molecule has 1 saturated carbocycles. The Morgan fingerprint density at radius 2 is 1.87 bits per heavy atom. The first-order chi connectivity index (χ1) is 7.04. The monoisotopic (exact) mass is 208 g/mol. The predicted molar refractivity (Wildman–Crippen MR) is 59.5 cm³/mol. The molecule has 2 N–H and O–H groups in total. The van der Waals surface area contributed by atoms with Gasteiger partial charge in [0, 0.05) is 6.04 Å². The Bertz CT molecular complexity index is 347. The largest absolute Gasteiger partial charge is 0.319 e. The van der Waals surface area contributed by atoms with Crippen molar-refractivity contribution in [2.24, 2.45) is 5.73 Å². The number of rotatable bonds is 2. The van der Waals surface area contributed by atoms with E-state index in [0.29, 0.717) is 6.04 Å². The van der Waals surface area contributed by atoms with Gasteiger partial charge in [0.25, 0.3) is 0 Å². The lowest BCUT2D eigenvalue weighted by atomic mass is 9.98. The van der Waals surface area contributed by atoms with Crippen LogP contribution in [-0.2, 0) is 5.54 Å². The van der Waals surface area contributed by atoms with E-state index in [-0.39, 0.29) is 5.54 Å². The molecule has 1 aliphatic rings. The molecule has 1 aliphatic carbocycles. The highest BCUT2D eigenvalue weighted by molar-refractivity contribution is 5.11. The summed E-state index contributed by atoms with van der Waals surface area (Å²) in [4.78, 5) is 0. The van der Waals surface area contributed by atoms with Crippen molar-refractivity contribution < 1.29 is 0 Å². The van der Waals surface area contributed by atoms with Crippen LogP contribution in [-0.4, -0.2) is 14.8 Å². The van der Waals surface area contributed by atoms with Crippen molar-refractivity contribution >= 4 is 0 Å². The van der Waals surface area contributed by atoms with Gasteiger partial charge in [0.15, 0.2) is 5.82 Å². The van der Waals surface area contributed by atoms with Gasteiger partial charge in [-0.05, 0) is 33.6 Å². The molecule has 0 amide bonds. The molecule has 0 atom stereocenters. The van der Waals surface area contributed by atoms with Crippen LogP contribution in [0.3, 0.4) is 0 Å². The lowest BCUT2D eigenvalue weighted by molar-refractivity contribution is 0.391. The highest BCUT2D eigenvalue weighted by Crippen LogP contribution is 2.36. The fourth-order valence-corrected chi connectivity index (χ4v) is 2.56. The normalized spacial score (nSPS) is 20.1. The van der Waals surface area contributed by atoms with E-state index in [1.807, 2.05) is 6.92 Å². The van der Waals surface area contributed by atoms with Crippen molar-refractivity contribution in [2.75, 3.05) is 0 Å². The summed E-state index contributed by atoms with van der Waals surface area (Å²) in [5.41, 5.74) is 6.18. The number of aryl methyl sites for hydroxylation is 1. The van der Waals surface area contributed by atoms with Crippen LogP contribution in [0.25, 0.3) is 0 Å². The third-order valence-electron chi connectivity index (χ3n) is 3.32. The number of hydrogen-bond acceptors (Lipinski definition) is 3. The van der Waals surface area contributed by atoms with E-state index in [9.17, 15) is 0 Å². The third-order valence-corrected chi connectivity index (χ3v) is 3.32. The van der Waals surface area contributed by atoms with E-state index in [1.165, 1.54) is 12.8 Å². The predicted octanol–water partition coefficient (Wildman–Crippen LogP) is 1.90. The molecule has 0 radical (unpaired) electrons. The number of hydrogen-bond donors (Lipinski definition) is 1. The first-order valence-corrected chi connectivity index (χ1v) is 5.75. The highest BCUT2D eigenvalue weighted by atomic mass is 15.3. The molecule has 15 heavy (non-hydrogen) atoms. The van der Waals surface area contributed by atoms with Crippen molar-refractivity contribution in [1.82, 2.24) is 14.8 Å². The number of aromatic nitrogens is 3. The first kappa shape index (κ1) is 10.6. The van der Waals surface area contributed by atoms with Crippen molar-refractivity contribution in [3.05, 3.63) is 11.6 Å². The lowest BCUT2D eigenvalue weighted by Crippen LogP contribution is -2.37. The molecule has 0 bridgehead atoms. The van der Waals surface area contributed by atoms with E-state index in [4.69, 9.17) is 5.73 Å². The van der Waals surface area contributed by atoms with Gasteiger partial charge in [0.1, 0.15) is 5.82 Å². The van der Waals surface area contributed by atoms with Gasteiger partial charge in [0.05, 0.1) is 5.54 Å². The van der Waals surface area contributed by atoms with Crippen LogP contribution in [0.5, 0.6) is 0 Å². The van der Waals surface area contributed by atoms with Gasteiger partial charge in [0.2, 0.25) is 0 Å². The van der Waals surface area contributed by atoms with Crippen LogP contribution in [0.2, 0.25) is 0 Å². The lowest BCUT2D eigenvalue weighted by Gasteiger charge is -2.25. The Morgan fingerprint density at radius 3 is 2.40 bits per heavy atom. The van der Waals surface area contributed by atoms with Crippen LogP contribution < -0.4 is 5.73 Å². The minimum absolute atomic E-state index is 0.231. The second-order valence-electron chi connectivity index (χ2n) is 4.90. The molecule has 2 rings (SSSR count). The maximum absolute atomic E-state index is 6.41. The smallest absolute Gasteiger partial charge is 0.153 e. The van der Waals surface area contributed by atoms with Gasteiger partial charge in [-0.2, -0.15) is 0 Å². The van der Waals surface area contributed by atoms with E-state index < -0.39 is 0 Å². The average Bonchev–Trinajstić information content (AvgIpc) is 2.72. The second kappa shape index (κ2) is 3.59. The summed E-state index contributed by atoms with van der Waals surface area (Å²) in [5.74, 6) is 1.95. The number of nitrogens with two attached hydrogens (primary N) is 1. The van der Waals surface area contributed by atoms with Crippen molar-refractivity contribution in [3.63, 3.8) is 0 Å². The molecule has 0 aromatic carbocycles. The van der Waals surface area contributed by atoms with Crippen molar-refractivity contribution in [2.45, 2.75) is 58.0 Å². The summed E-state index contributed by atoms with van der Waals surface area (Å²) >= 11 is 0. The molecule has 0 saturated heterocycles. The van der Waals surface area contributed by atoms with Crippen LogP contribution in [0, 0.1) is 6.92 Å². The molecule has 0 aliphatic heterocycles. The van der Waals surface area contributed by atoms with E-state index in [1.54, 1.807) is 0 Å². The zero-order valence-electron chi connectivity index (χ0n) is 9.82. The van der Waals surface area contributed by atoms with Crippen LogP contribution in [0.4, 0.5) is 0 Å². The Morgan fingerprint density at radius 1 is 1.27 bits per heavy atom. The van der Waals surface area contributed by atoms with Gasteiger partial charge < -0.3 is 10.3 Å². The van der Waals surface area contributed by atoms with Gasteiger partial charge >= 0.3 is 0 Å². The maximum Gasteiger partial charge on any atom is 0.153 e. The summed E-state index contributed by atoms with van der Waals surface area (Å²) in [7, 11) is 0. The van der Waals surface area contributed by atoms with Crippen molar-refractivity contribution in [3.8, 4) is 0 Å². The molecule has 84 valence electrons. The van der Waals surface area contributed by atoms with E-state index in [0.717, 1.165) is 24.5 Å². The zero-order valence-corrected chi connectivity index (χ0v) is 9.82. The molecular formula is C11H20N4. The molecule has 1 heterocycles. The standard InChI is InChI=1S/C11H20N4/c1-8(2)15-9(3)13-14-10(15)11(12)6-4-5-7-11/h8H,4-7,12H2,1-3H3. The molecule has 1 aromatic rings. The summed E-state index contributed by atoms with van der Waals surface area (Å²) < 4.78 is 2.17. The molecule has 4 nitrogen and oxygen atoms in total. The Balaban J connectivity index is 2.43. The van der Waals surface area contributed by atoms with Gasteiger partial charge in [-0.15, -0.1) is 10.2 Å². The van der Waals surface area contributed by atoms with E-state index in [2.05, 4.69) is 28.6 Å².